The third-order valence-electron chi connectivity index (χ3n) is 9.64. The van der Waals surface area contributed by atoms with Crippen molar-refractivity contribution in [2.45, 2.75) is 98.0 Å². The Bertz CT molecular complexity index is 528. The number of esters is 1. The molecule has 0 heterocycles. The van der Waals surface area contributed by atoms with Gasteiger partial charge in [0.25, 0.3) is 0 Å². The summed E-state index contributed by atoms with van der Waals surface area (Å²) in [4.78, 5) is 11.4. The summed E-state index contributed by atoms with van der Waals surface area (Å²) in [6, 6.07) is 0. The van der Waals surface area contributed by atoms with Crippen LogP contribution in [0.5, 0.6) is 0 Å². The molecule has 4 rings (SSSR count). The Morgan fingerprint density at radius 2 is 1.68 bits per heavy atom. The predicted molar refractivity (Wildman–Crippen MR) is 101 cm³/mol. The van der Waals surface area contributed by atoms with Crippen LogP contribution in [0.3, 0.4) is 0 Å². The molecule has 142 valence electrons. The second-order valence-electron chi connectivity index (χ2n) is 10.4. The van der Waals surface area contributed by atoms with Crippen LogP contribution in [0.1, 0.15) is 91.9 Å². The summed E-state index contributed by atoms with van der Waals surface area (Å²) in [5.74, 6) is 4.55. The van der Waals surface area contributed by atoms with Gasteiger partial charge in [-0.1, -0.05) is 27.2 Å². The van der Waals surface area contributed by atoms with E-state index in [9.17, 15) is 4.79 Å². The number of rotatable bonds is 2. The molecular formula is C23H38O2. The van der Waals surface area contributed by atoms with Gasteiger partial charge in [0.05, 0.1) is 0 Å². The van der Waals surface area contributed by atoms with Crippen molar-refractivity contribution in [3.8, 4) is 0 Å². The minimum Gasteiger partial charge on any atom is -0.463 e. The lowest BCUT2D eigenvalue weighted by Gasteiger charge is -2.61. The summed E-state index contributed by atoms with van der Waals surface area (Å²) < 4.78 is 5.60. The van der Waals surface area contributed by atoms with E-state index in [1.54, 1.807) is 6.92 Å². The van der Waals surface area contributed by atoms with Crippen LogP contribution in [0.4, 0.5) is 0 Å². The minimum absolute atomic E-state index is 0.0905. The third-order valence-corrected chi connectivity index (χ3v) is 9.64. The second kappa shape index (κ2) is 6.27. The molecule has 0 aliphatic heterocycles. The molecule has 0 aromatic carbocycles. The van der Waals surface area contributed by atoms with Gasteiger partial charge >= 0.3 is 5.97 Å². The first-order chi connectivity index (χ1) is 11.9. The minimum atomic E-state index is -0.0905. The molecule has 4 saturated carbocycles. The van der Waals surface area contributed by atoms with Crippen molar-refractivity contribution in [3.05, 3.63) is 0 Å². The Morgan fingerprint density at radius 1 is 0.960 bits per heavy atom. The van der Waals surface area contributed by atoms with Crippen LogP contribution in [-0.2, 0) is 9.53 Å². The molecule has 4 aliphatic rings. The number of ether oxygens (including phenoxy) is 1. The number of hydrogen-bond acceptors (Lipinski definition) is 2. The van der Waals surface area contributed by atoms with Crippen LogP contribution in [-0.4, -0.2) is 12.1 Å². The Hall–Kier alpha value is -0.530. The molecule has 8 atom stereocenters. The summed E-state index contributed by atoms with van der Waals surface area (Å²) in [7, 11) is 0. The predicted octanol–water partition coefficient (Wildman–Crippen LogP) is 5.99. The average molecular weight is 347 g/mol. The van der Waals surface area contributed by atoms with Gasteiger partial charge in [0.15, 0.2) is 0 Å². The van der Waals surface area contributed by atoms with Gasteiger partial charge in [0, 0.05) is 6.92 Å². The first-order valence-electron chi connectivity index (χ1n) is 11.1. The zero-order valence-electron chi connectivity index (χ0n) is 16.9. The molecule has 4 fully saturated rings. The lowest BCUT2D eigenvalue weighted by molar-refractivity contribution is -0.160. The van der Waals surface area contributed by atoms with E-state index in [0.717, 1.165) is 42.4 Å². The maximum atomic E-state index is 11.4. The van der Waals surface area contributed by atoms with Crippen LogP contribution in [0.2, 0.25) is 0 Å². The normalized spacial score (nSPS) is 52.0. The Balaban J connectivity index is 1.53. The van der Waals surface area contributed by atoms with Gasteiger partial charge in [-0.2, -0.15) is 0 Å². The highest BCUT2D eigenvalue weighted by molar-refractivity contribution is 5.66. The van der Waals surface area contributed by atoms with Crippen molar-refractivity contribution >= 4 is 5.97 Å². The van der Waals surface area contributed by atoms with Crippen molar-refractivity contribution in [1.29, 1.82) is 0 Å². The lowest BCUT2D eigenvalue weighted by atomic mass is 9.44. The van der Waals surface area contributed by atoms with Gasteiger partial charge in [0.2, 0.25) is 0 Å². The van der Waals surface area contributed by atoms with Gasteiger partial charge in [-0.15, -0.1) is 0 Å². The van der Waals surface area contributed by atoms with Gasteiger partial charge in [-0.25, -0.2) is 0 Å². The van der Waals surface area contributed by atoms with E-state index in [1.165, 1.54) is 51.4 Å². The Morgan fingerprint density at radius 3 is 2.40 bits per heavy atom. The highest BCUT2D eigenvalue weighted by atomic mass is 16.5. The van der Waals surface area contributed by atoms with E-state index in [-0.39, 0.29) is 12.1 Å². The van der Waals surface area contributed by atoms with Crippen molar-refractivity contribution in [1.82, 2.24) is 0 Å². The van der Waals surface area contributed by atoms with Crippen LogP contribution in [0.25, 0.3) is 0 Å². The van der Waals surface area contributed by atoms with Crippen molar-refractivity contribution in [2.75, 3.05) is 0 Å². The van der Waals surface area contributed by atoms with Gasteiger partial charge < -0.3 is 4.74 Å². The molecule has 0 spiro atoms. The third kappa shape index (κ3) is 2.69. The van der Waals surface area contributed by atoms with E-state index in [0.29, 0.717) is 10.8 Å². The number of hydrogen-bond donors (Lipinski definition) is 0. The van der Waals surface area contributed by atoms with Gasteiger partial charge in [-0.3, -0.25) is 4.79 Å². The number of fused-ring (bicyclic) bond motifs is 5. The first-order valence-corrected chi connectivity index (χ1v) is 11.1. The van der Waals surface area contributed by atoms with Crippen molar-refractivity contribution in [3.63, 3.8) is 0 Å². The van der Waals surface area contributed by atoms with E-state index >= 15 is 0 Å². The lowest BCUT2D eigenvalue weighted by Crippen LogP contribution is -2.54. The molecule has 0 aromatic rings. The Kier molecular flexibility index (Phi) is 4.48. The summed E-state index contributed by atoms with van der Waals surface area (Å²) >= 11 is 0. The first kappa shape index (κ1) is 17.9. The smallest absolute Gasteiger partial charge is 0.302 e. The van der Waals surface area contributed by atoms with Crippen LogP contribution >= 0.6 is 0 Å². The highest BCUT2D eigenvalue weighted by Crippen LogP contribution is 2.67. The fraction of sp³-hybridized carbons (Fsp3) is 0.957. The summed E-state index contributed by atoms with van der Waals surface area (Å²) in [6.07, 6.45) is 13.8. The molecule has 0 aromatic heterocycles. The monoisotopic (exact) mass is 346 g/mol. The summed E-state index contributed by atoms with van der Waals surface area (Å²) in [5, 5.41) is 0. The number of carbonyl (C=O) groups excluding carboxylic acids is 1. The van der Waals surface area contributed by atoms with Gasteiger partial charge in [-0.05, 0) is 98.2 Å². The largest absolute Gasteiger partial charge is 0.463 e. The topological polar surface area (TPSA) is 26.3 Å². The molecule has 4 aliphatic carbocycles. The molecule has 0 bridgehead atoms. The highest BCUT2D eigenvalue weighted by Gasteiger charge is 2.59. The molecule has 0 N–H and O–H groups in total. The molecule has 0 saturated heterocycles. The van der Waals surface area contributed by atoms with E-state index in [1.807, 2.05) is 0 Å². The molecule has 25 heavy (non-hydrogen) atoms. The zero-order chi connectivity index (χ0) is 17.8. The van der Waals surface area contributed by atoms with E-state index < -0.39 is 0 Å². The number of carbonyl (C=O) groups is 1. The molecule has 2 nitrogen and oxygen atoms in total. The SMILES string of the molecule is CC[C@H]1CCC2C3CCC4CC(OC(C)=O)CCC4(C)C3CCC21C. The second-order valence-corrected chi connectivity index (χ2v) is 10.4. The maximum Gasteiger partial charge on any atom is 0.302 e. The van der Waals surface area contributed by atoms with Crippen LogP contribution in [0.15, 0.2) is 0 Å². The van der Waals surface area contributed by atoms with Crippen LogP contribution in [0, 0.1) is 40.4 Å². The molecule has 0 amide bonds. The van der Waals surface area contributed by atoms with E-state index in [2.05, 4.69) is 20.8 Å². The molecule has 7 unspecified atom stereocenters. The quantitative estimate of drug-likeness (QED) is 0.574. The van der Waals surface area contributed by atoms with Crippen LogP contribution < -0.4 is 0 Å². The molecule has 2 heteroatoms. The zero-order valence-corrected chi connectivity index (χ0v) is 16.9. The fourth-order valence-electron chi connectivity index (χ4n) is 8.34. The molecule has 0 radical (unpaired) electrons. The van der Waals surface area contributed by atoms with Crippen molar-refractivity contribution in [2.24, 2.45) is 40.4 Å². The Labute approximate surface area is 154 Å². The fourth-order valence-corrected chi connectivity index (χ4v) is 8.34. The van der Waals surface area contributed by atoms with E-state index in [4.69, 9.17) is 4.74 Å². The summed E-state index contributed by atoms with van der Waals surface area (Å²) in [5.41, 5.74) is 1.14. The molecular weight excluding hydrogens is 308 g/mol. The standard InChI is InChI=1S/C23H38O2/c1-5-16-7-9-20-19-8-6-17-14-18(25-15(2)24)10-12-23(17,4)21(19)11-13-22(16,20)3/h16-21H,5-14H2,1-4H3/t16-,17?,18?,19?,20?,21?,22?,23?/m0/s1. The summed E-state index contributed by atoms with van der Waals surface area (Å²) in [6.45, 7) is 9.23. The van der Waals surface area contributed by atoms with Crippen molar-refractivity contribution < 1.29 is 9.53 Å². The maximum absolute atomic E-state index is 11.4. The average Bonchev–Trinajstić information content (AvgIpc) is 2.91. The van der Waals surface area contributed by atoms with Gasteiger partial charge in [0.1, 0.15) is 6.10 Å².